The minimum absolute atomic E-state index is 0.00677. The van der Waals surface area contributed by atoms with Gasteiger partial charge in [-0.3, -0.25) is 20.0 Å². The number of carbonyl (C=O) groups excluding carboxylic acids is 1. The molecule has 1 aliphatic heterocycles. The molecule has 14 heteroatoms. The van der Waals surface area contributed by atoms with E-state index < -0.39 is 28.8 Å². The van der Waals surface area contributed by atoms with Gasteiger partial charge in [0.25, 0.3) is 5.69 Å². The van der Waals surface area contributed by atoms with Crippen LogP contribution in [0.5, 0.6) is 11.5 Å². The zero-order valence-electron chi connectivity index (χ0n) is 40.4. The molecule has 1 saturated carbocycles. The third kappa shape index (κ3) is 11.5. The third-order valence-corrected chi connectivity index (χ3v) is 13.9. The van der Waals surface area contributed by atoms with Crippen molar-refractivity contribution in [1.82, 2.24) is 9.88 Å². The van der Waals surface area contributed by atoms with E-state index in [0.717, 1.165) is 64.5 Å². The summed E-state index contributed by atoms with van der Waals surface area (Å²) < 4.78 is 27.3. The normalized spacial score (nSPS) is 21.5. The van der Waals surface area contributed by atoms with Gasteiger partial charge >= 0.3 is 6.09 Å². The number of carbonyl (C=O) groups is 1. The molecule has 1 fully saturated rings. The van der Waals surface area contributed by atoms with Crippen LogP contribution >= 0.6 is 0 Å². The summed E-state index contributed by atoms with van der Waals surface area (Å²) in [5, 5.41) is 38.5. The lowest BCUT2D eigenvalue weighted by Crippen LogP contribution is -2.70. The first-order chi connectivity index (χ1) is 34.7. The van der Waals surface area contributed by atoms with Crippen molar-refractivity contribution in [1.29, 1.82) is 0 Å². The summed E-state index contributed by atoms with van der Waals surface area (Å²) in [6.07, 6.45) is 9.98. The summed E-state index contributed by atoms with van der Waals surface area (Å²) in [5.41, 5.74) is 5.59. The second kappa shape index (κ2) is 23.8. The summed E-state index contributed by atoms with van der Waals surface area (Å²) in [7, 11) is 0. The van der Waals surface area contributed by atoms with Crippen LogP contribution in [0.15, 0.2) is 145 Å². The summed E-state index contributed by atoms with van der Waals surface area (Å²) in [6.45, 7) is 10.6. The van der Waals surface area contributed by atoms with Crippen molar-refractivity contribution in [3.63, 3.8) is 0 Å². The van der Waals surface area contributed by atoms with E-state index in [-0.39, 0.29) is 76.0 Å². The van der Waals surface area contributed by atoms with Crippen LogP contribution in [0, 0.1) is 34.8 Å². The lowest BCUT2D eigenvalue weighted by Gasteiger charge is -2.60. The van der Waals surface area contributed by atoms with Gasteiger partial charge in [0.15, 0.2) is 0 Å². The number of ether oxygens (including phenoxy) is 4. The van der Waals surface area contributed by atoms with Crippen LogP contribution < -0.4 is 9.47 Å². The number of hydrogen-bond acceptors (Lipinski definition) is 12. The van der Waals surface area contributed by atoms with Crippen LogP contribution in [0.4, 0.5) is 10.5 Å². The molecule has 6 unspecified atom stereocenters. The summed E-state index contributed by atoms with van der Waals surface area (Å²) in [5.74, 6) is -1.25. The fraction of sp³-hybridized carbons (Fsp3) is 0.386. The number of nitro benzene ring substituents is 1. The number of benzene rings is 4. The maximum atomic E-state index is 15.1. The number of pyridine rings is 1. The summed E-state index contributed by atoms with van der Waals surface area (Å²) in [4.78, 5) is 38.7. The zero-order valence-corrected chi connectivity index (χ0v) is 40.4. The minimum atomic E-state index is -1.55. The third-order valence-electron chi connectivity index (χ3n) is 13.9. The highest BCUT2D eigenvalue weighted by atomic mass is 16.7. The molecule has 0 bridgehead atoms. The summed E-state index contributed by atoms with van der Waals surface area (Å²) in [6, 6.07) is 31.1. The molecule has 3 aliphatic rings. The molecule has 2 N–H and O–H groups in total. The van der Waals surface area contributed by atoms with Crippen molar-refractivity contribution in [3.8, 4) is 11.5 Å². The number of allylic oxidation sites excluding steroid dienone is 1. The number of nitrogens with zero attached hydrogens (tertiary/aromatic N) is 4. The second-order valence-corrected chi connectivity index (χ2v) is 18.5. The number of fused-ring (bicyclic) bond motifs is 3. The van der Waals surface area contributed by atoms with Crippen LogP contribution in [0.3, 0.4) is 0 Å². The van der Waals surface area contributed by atoms with Crippen LogP contribution in [0.1, 0.15) is 85.4 Å². The molecule has 0 saturated heterocycles. The van der Waals surface area contributed by atoms with Crippen LogP contribution in [0.25, 0.3) is 10.8 Å². The predicted molar refractivity (Wildman–Crippen MR) is 272 cm³/mol. The Labute approximate surface area is 415 Å². The molecule has 14 nitrogen and oxygen atoms in total. The van der Waals surface area contributed by atoms with Gasteiger partial charge in [-0.25, -0.2) is 4.79 Å². The van der Waals surface area contributed by atoms with Gasteiger partial charge in [-0.1, -0.05) is 84.8 Å². The van der Waals surface area contributed by atoms with Crippen molar-refractivity contribution < 1.29 is 43.7 Å². The van der Waals surface area contributed by atoms with Gasteiger partial charge in [0.05, 0.1) is 42.0 Å². The number of aromatic nitrogens is 1. The molecule has 4 aromatic carbocycles. The molecule has 0 radical (unpaired) electrons. The standard InChI is InChI=1S/C57H64N4O10/c1-4-6-32-67-56(64)60(36-43-19-14-18-41-16-7-8-21-47(41)43)53-35-51(59-70-37-40-23-25-45(26-24-40)61(65)66)49-33-42(17-9-11-29-62)48(22-10-12-30-63)54-50-34-46(68-38-44-20-13-15-39(3)58-44)27-28-52(50)71-57(53,55(49)54)69-31-5-2/h4-5,7-8,13-16,18-21,23-28,33-34,42,48,53-55,62-63H,1-2,6,9-12,17,22,29-32,35-38H2,3H3. The maximum absolute atomic E-state index is 15.1. The average molecular weight is 965 g/mol. The Morgan fingerprint density at radius 2 is 1.72 bits per heavy atom. The SMILES string of the molecule is C=CCCOC(=O)N(Cc1cccc2ccccc12)C1CC(=NOCc2ccc([N+](=O)[O-])cc2)C2=CC(CCCCO)C(CCCCO)C3c4cc(OCc5cccc(C)n5)ccc4OC1(OCC=C)C23. The Morgan fingerprint density at radius 3 is 2.48 bits per heavy atom. The Bertz CT molecular complexity index is 2720. The highest BCUT2D eigenvalue weighted by molar-refractivity contribution is 6.03. The smallest absolute Gasteiger partial charge is 0.410 e. The molecule has 2 aliphatic carbocycles. The van der Waals surface area contributed by atoms with Gasteiger partial charge in [0, 0.05) is 48.9 Å². The van der Waals surface area contributed by atoms with Gasteiger partial charge in [-0.2, -0.15) is 0 Å². The molecule has 1 amide bonds. The van der Waals surface area contributed by atoms with Gasteiger partial charge in [0.2, 0.25) is 5.79 Å². The maximum Gasteiger partial charge on any atom is 0.410 e. The van der Waals surface area contributed by atoms with Gasteiger partial charge in [-0.05, 0) is 121 Å². The predicted octanol–water partition coefficient (Wildman–Crippen LogP) is 11.1. The Balaban J connectivity index is 1.33. The first kappa shape index (κ1) is 50.5. The quantitative estimate of drug-likeness (QED) is 0.0260. The van der Waals surface area contributed by atoms with E-state index >= 15 is 4.79 Å². The van der Waals surface area contributed by atoms with Gasteiger partial charge in [-0.15, -0.1) is 13.2 Å². The number of aliphatic hydroxyl groups is 2. The Morgan fingerprint density at radius 1 is 0.944 bits per heavy atom. The van der Waals surface area contributed by atoms with Crippen molar-refractivity contribution in [2.75, 3.05) is 26.4 Å². The Kier molecular flexibility index (Phi) is 17.0. The number of unbranched alkanes of at least 4 members (excludes halogenated alkanes) is 2. The molecule has 372 valence electrons. The number of aliphatic hydroxyl groups excluding tert-OH is 2. The van der Waals surface area contributed by atoms with E-state index in [2.05, 4.69) is 30.3 Å². The van der Waals surface area contributed by atoms with E-state index in [0.29, 0.717) is 42.0 Å². The number of oxime groups is 1. The first-order valence-electron chi connectivity index (χ1n) is 24.7. The number of non-ortho nitro benzene ring substituents is 1. The Hall–Kier alpha value is -6.87. The van der Waals surface area contributed by atoms with Crippen molar-refractivity contribution >= 4 is 28.3 Å². The van der Waals surface area contributed by atoms with E-state index in [1.54, 1.807) is 29.2 Å². The summed E-state index contributed by atoms with van der Waals surface area (Å²) >= 11 is 0. The van der Waals surface area contributed by atoms with Gasteiger partial charge in [0.1, 0.15) is 30.8 Å². The number of hydrogen-bond donors (Lipinski definition) is 2. The van der Waals surface area contributed by atoms with Crippen LogP contribution in [-0.4, -0.2) is 75.1 Å². The fourth-order valence-corrected chi connectivity index (χ4v) is 10.7. The van der Waals surface area contributed by atoms with Crippen molar-refractivity contribution in [2.24, 2.45) is 22.9 Å². The molecule has 5 aromatic rings. The van der Waals surface area contributed by atoms with Crippen molar-refractivity contribution in [2.45, 2.75) is 95.8 Å². The number of amides is 1. The highest BCUT2D eigenvalue weighted by Crippen LogP contribution is 2.62. The van der Waals surface area contributed by atoms with Crippen LogP contribution in [-0.2, 0) is 34.1 Å². The second-order valence-electron chi connectivity index (χ2n) is 18.5. The number of nitro groups is 1. The minimum Gasteiger partial charge on any atom is -0.487 e. The number of rotatable bonds is 24. The van der Waals surface area contributed by atoms with E-state index in [1.807, 2.05) is 79.7 Å². The largest absolute Gasteiger partial charge is 0.487 e. The molecule has 71 heavy (non-hydrogen) atoms. The molecular weight excluding hydrogens is 901 g/mol. The van der Waals surface area contributed by atoms with Gasteiger partial charge < -0.3 is 34.0 Å². The molecule has 0 spiro atoms. The first-order valence-corrected chi connectivity index (χ1v) is 24.7. The van der Waals surface area contributed by atoms with Crippen molar-refractivity contribution in [3.05, 3.63) is 178 Å². The highest BCUT2D eigenvalue weighted by Gasteiger charge is 2.65. The fourth-order valence-electron chi connectivity index (χ4n) is 10.7. The molecule has 1 aromatic heterocycles. The molecule has 6 atom stereocenters. The lowest BCUT2D eigenvalue weighted by atomic mass is 9.55. The van der Waals surface area contributed by atoms with E-state index in [1.165, 1.54) is 12.1 Å². The molecular formula is C57H64N4O10. The van der Waals surface area contributed by atoms with Crippen LogP contribution in [0.2, 0.25) is 0 Å². The topological polar surface area (TPSA) is 175 Å². The lowest BCUT2D eigenvalue weighted by molar-refractivity contribution is -0.384. The molecule has 8 rings (SSSR count). The zero-order chi connectivity index (χ0) is 49.7. The monoisotopic (exact) mass is 964 g/mol. The average Bonchev–Trinajstić information content (AvgIpc) is 3.38. The van der Waals surface area contributed by atoms with E-state index in [9.17, 15) is 20.3 Å². The number of aryl methyl sites for hydroxylation is 1. The molecule has 2 heterocycles. The van der Waals surface area contributed by atoms with E-state index in [4.69, 9.17) is 28.9 Å².